The molecule has 1 saturated heterocycles. The van der Waals surface area contributed by atoms with Crippen LogP contribution in [0.4, 0.5) is 10.5 Å². The summed E-state index contributed by atoms with van der Waals surface area (Å²) in [5.41, 5.74) is 0.436. The first-order chi connectivity index (χ1) is 13.7. The molecular formula is C20H22N2O5S2. The van der Waals surface area contributed by atoms with Crippen LogP contribution < -0.4 is 4.90 Å². The van der Waals surface area contributed by atoms with Crippen molar-refractivity contribution in [1.82, 2.24) is 4.90 Å². The topological polar surface area (TPSA) is 76.2 Å². The lowest BCUT2D eigenvalue weighted by atomic mass is 9.69. The lowest BCUT2D eigenvalue weighted by Gasteiger charge is -2.40. The average Bonchev–Trinajstić information content (AvgIpc) is 3.16. The maximum Gasteiger partial charge on any atom is 0.418 e. The number of esters is 1. The van der Waals surface area contributed by atoms with Gasteiger partial charge in [0.1, 0.15) is 4.32 Å². The quantitative estimate of drug-likeness (QED) is 0.534. The van der Waals surface area contributed by atoms with Gasteiger partial charge in [0.2, 0.25) is 0 Å². The van der Waals surface area contributed by atoms with E-state index in [0.29, 0.717) is 27.9 Å². The summed E-state index contributed by atoms with van der Waals surface area (Å²) in [5, 5.41) is 0. The highest BCUT2D eigenvalue weighted by molar-refractivity contribution is 8.23. The molecule has 1 aromatic carbocycles. The predicted octanol–water partition coefficient (Wildman–Crippen LogP) is 3.30. The van der Waals surface area contributed by atoms with E-state index in [2.05, 4.69) is 0 Å². The molecule has 0 aromatic heterocycles. The fourth-order valence-electron chi connectivity index (χ4n) is 3.72. The number of benzene rings is 1. The number of thioether (sulfide) groups is 1. The van der Waals surface area contributed by atoms with Crippen LogP contribution in [0.3, 0.4) is 0 Å². The number of thiocarbonyl (C=S) groups is 1. The van der Waals surface area contributed by atoms with Gasteiger partial charge in [-0.1, -0.05) is 42.2 Å². The number of hydrogen-bond donors (Lipinski definition) is 0. The zero-order valence-corrected chi connectivity index (χ0v) is 18.3. The number of methoxy groups -OCH3 is 2. The highest BCUT2D eigenvalue weighted by Crippen LogP contribution is 2.49. The van der Waals surface area contributed by atoms with Crippen molar-refractivity contribution in [2.45, 2.75) is 19.8 Å². The summed E-state index contributed by atoms with van der Waals surface area (Å²) < 4.78 is 10.4. The van der Waals surface area contributed by atoms with Gasteiger partial charge in [-0.3, -0.25) is 19.4 Å². The van der Waals surface area contributed by atoms with Crippen LogP contribution >= 0.6 is 24.0 Å². The van der Waals surface area contributed by atoms with Gasteiger partial charge in [0.25, 0.3) is 5.91 Å². The van der Waals surface area contributed by atoms with Gasteiger partial charge in [-0.15, -0.1) is 0 Å². The maximum absolute atomic E-state index is 13.5. The molecule has 3 rings (SSSR count). The Kier molecular flexibility index (Phi) is 6.00. The van der Waals surface area contributed by atoms with Crippen LogP contribution in [0.15, 0.2) is 36.0 Å². The first-order valence-electron chi connectivity index (χ1n) is 8.98. The summed E-state index contributed by atoms with van der Waals surface area (Å²) in [5.74, 6) is -0.709. The molecule has 0 saturated carbocycles. The molecule has 2 amide bonds. The summed E-state index contributed by atoms with van der Waals surface area (Å²) in [7, 11) is 2.59. The maximum atomic E-state index is 13.5. The molecule has 7 nitrogen and oxygen atoms in total. The molecule has 2 aliphatic heterocycles. The van der Waals surface area contributed by atoms with Crippen LogP contribution in [-0.4, -0.2) is 53.7 Å². The van der Waals surface area contributed by atoms with Crippen LogP contribution in [0.5, 0.6) is 0 Å². The van der Waals surface area contributed by atoms with E-state index in [9.17, 15) is 14.4 Å². The molecule has 0 N–H and O–H groups in total. The summed E-state index contributed by atoms with van der Waals surface area (Å²) >= 11 is 6.75. The highest BCUT2D eigenvalue weighted by atomic mass is 32.2. The fraction of sp³-hybridized carbons (Fsp3) is 0.400. The van der Waals surface area contributed by atoms with Crippen molar-refractivity contribution in [3.63, 3.8) is 0 Å². The van der Waals surface area contributed by atoms with E-state index >= 15 is 0 Å². The lowest BCUT2D eigenvalue weighted by Crippen LogP contribution is -2.44. The minimum atomic E-state index is -1.07. The Bertz CT molecular complexity index is 912. The molecule has 1 aromatic rings. The second-order valence-electron chi connectivity index (χ2n) is 7.20. The third kappa shape index (κ3) is 3.64. The Balaban J connectivity index is 2.21. The smallest absolute Gasteiger partial charge is 0.418 e. The molecule has 0 bridgehead atoms. The van der Waals surface area contributed by atoms with Gasteiger partial charge in [0.15, 0.2) is 0 Å². The predicted molar refractivity (Wildman–Crippen MR) is 115 cm³/mol. The summed E-state index contributed by atoms with van der Waals surface area (Å²) in [4.78, 5) is 41.4. The number of carbonyl (C=O) groups is 3. The minimum Gasteiger partial charge on any atom is -0.469 e. The van der Waals surface area contributed by atoms with Gasteiger partial charge in [-0.25, -0.2) is 4.79 Å². The van der Waals surface area contributed by atoms with Crippen molar-refractivity contribution in [3.05, 3.63) is 41.6 Å². The number of anilines is 1. The minimum absolute atomic E-state index is 0.286. The van der Waals surface area contributed by atoms with E-state index in [1.165, 1.54) is 42.0 Å². The second-order valence-corrected chi connectivity index (χ2v) is 8.93. The van der Waals surface area contributed by atoms with Gasteiger partial charge in [-0.05, 0) is 25.5 Å². The van der Waals surface area contributed by atoms with Crippen LogP contribution in [-0.2, 0) is 19.1 Å². The monoisotopic (exact) mass is 434 g/mol. The number of para-hydroxylation sites is 1. The molecule has 1 fully saturated rings. The number of fused-ring (bicyclic) bond motifs is 1. The molecule has 154 valence electrons. The molecule has 2 heterocycles. The first-order valence-corrected chi connectivity index (χ1v) is 10.4. The Morgan fingerprint density at radius 1 is 1.17 bits per heavy atom. The average molecular weight is 435 g/mol. The van der Waals surface area contributed by atoms with E-state index in [1.54, 1.807) is 38.1 Å². The second kappa shape index (κ2) is 8.16. The van der Waals surface area contributed by atoms with Crippen LogP contribution in [0.25, 0.3) is 0 Å². The lowest BCUT2D eigenvalue weighted by molar-refractivity contribution is -0.151. The van der Waals surface area contributed by atoms with E-state index in [1.807, 2.05) is 0 Å². The van der Waals surface area contributed by atoms with Crippen molar-refractivity contribution < 1.29 is 23.9 Å². The number of rotatable bonds is 3. The van der Waals surface area contributed by atoms with Crippen LogP contribution in [0.1, 0.15) is 25.3 Å². The zero-order chi connectivity index (χ0) is 21.3. The summed E-state index contributed by atoms with van der Waals surface area (Å²) in [6, 6.07) is 7.14. The Morgan fingerprint density at radius 3 is 2.45 bits per heavy atom. The number of hydrogen-bond acceptors (Lipinski definition) is 7. The van der Waals surface area contributed by atoms with E-state index < -0.39 is 23.4 Å². The van der Waals surface area contributed by atoms with E-state index in [0.717, 1.165) is 0 Å². The van der Waals surface area contributed by atoms with Crippen LogP contribution in [0, 0.1) is 5.41 Å². The largest absolute Gasteiger partial charge is 0.469 e. The molecule has 0 aliphatic carbocycles. The standard InChI is InChI=1S/C20H22N2O5S2/c1-20(2,17(24)26-3)15-12-7-5-6-8-14(12)22(18(25)27-4)11-13(15)16(23)21-9-10-29-19(21)28/h5-8,11,15H,9-10H2,1-4H3. The Hall–Kier alpha value is -2.39. The van der Waals surface area contributed by atoms with Gasteiger partial charge in [0, 0.05) is 30.0 Å². The molecular weight excluding hydrogens is 412 g/mol. The van der Waals surface area contributed by atoms with Crippen molar-refractivity contribution in [3.8, 4) is 0 Å². The van der Waals surface area contributed by atoms with Crippen molar-refractivity contribution in [2.24, 2.45) is 5.41 Å². The fourth-order valence-corrected chi connectivity index (χ4v) is 4.92. The van der Waals surface area contributed by atoms with Gasteiger partial charge in [-0.2, -0.15) is 0 Å². The number of nitrogens with zero attached hydrogens (tertiary/aromatic N) is 2. The van der Waals surface area contributed by atoms with Crippen molar-refractivity contribution in [2.75, 3.05) is 31.4 Å². The van der Waals surface area contributed by atoms with Gasteiger partial charge < -0.3 is 9.47 Å². The van der Waals surface area contributed by atoms with Gasteiger partial charge >= 0.3 is 12.1 Å². The highest BCUT2D eigenvalue weighted by Gasteiger charge is 2.48. The van der Waals surface area contributed by atoms with Crippen molar-refractivity contribution in [1.29, 1.82) is 0 Å². The molecule has 9 heteroatoms. The Labute approximate surface area is 179 Å². The summed E-state index contributed by atoms with van der Waals surface area (Å²) in [6.07, 6.45) is 0.827. The van der Waals surface area contributed by atoms with E-state index in [4.69, 9.17) is 21.7 Å². The van der Waals surface area contributed by atoms with E-state index in [-0.39, 0.29) is 11.5 Å². The van der Waals surface area contributed by atoms with Gasteiger partial charge in [0.05, 0.1) is 25.3 Å². The van der Waals surface area contributed by atoms with Crippen LogP contribution in [0.2, 0.25) is 0 Å². The normalized spacial score (nSPS) is 18.8. The third-order valence-electron chi connectivity index (χ3n) is 5.14. The molecule has 1 atom stereocenters. The third-order valence-corrected chi connectivity index (χ3v) is 6.57. The molecule has 0 spiro atoms. The SMILES string of the molecule is COC(=O)N1C=C(C(=O)N2CCSC2=S)C(C(C)(C)C(=O)OC)c2ccccc21. The molecule has 0 radical (unpaired) electrons. The molecule has 2 aliphatic rings. The zero-order valence-electron chi connectivity index (χ0n) is 16.6. The van der Waals surface area contributed by atoms with Crippen molar-refractivity contribution >= 4 is 52.0 Å². The Morgan fingerprint density at radius 2 is 1.86 bits per heavy atom. The summed E-state index contributed by atoms with van der Waals surface area (Å²) in [6.45, 7) is 3.93. The first kappa shape index (κ1) is 21.3. The molecule has 29 heavy (non-hydrogen) atoms. The number of ether oxygens (including phenoxy) is 2. The number of amides is 2. The molecule has 1 unspecified atom stereocenters. The number of carbonyl (C=O) groups excluding carboxylic acids is 3.